The molecule has 0 aromatic carbocycles. The number of rotatable bonds is 7. The first-order chi connectivity index (χ1) is 7.42. The first-order valence-electron chi connectivity index (χ1n) is 5.33. The van der Waals surface area contributed by atoms with Gasteiger partial charge in [-0.05, 0) is 12.3 Å². The van der Waals surface area contributed by atoms with Crippen LogP contribution in [-0.2, 0) is 4.74 Å². The zero-order chi connectivity index (χ0) is 12.2. The van der Waals surface area contributed by atoms with Gasteiger partial charge in [-0.3, -0.25) is 0 Å². The summed E-state index contributed by atoms with van der Waals surface area (Å²) in [7, 11) is 0. The van der Waals surface area contributed by atoms with Crippen LogP contribution in [0.1, 0.15) is 25.7 Å². The van der Waals surface area contributed by atoms with Crippen molar-refractivity contribution in [1.82, 2.24) is 0 Å². The second-order valence-electron chi connectivity index (χ2n) is 4.26. The molecule has 1 aliphatic rings. The highest BCUT2D eigenvalue weighted by Crippen LogP contribution is 2.30. The molecule has 1 saturated carbocycles. The molecule has 1 fully saturated rings. The number of aliphatic hydroxyl groups is 1. The summed E-state index contributed by atoms with van der Waals surface area (Å²) < 4.78 is 52.6. The molecule has 1 N–H and O–H groups in total. The predicted molar refractivity (Wildman–Crippen MR) is 49.7 cm³/mol. The van der Waals surface area contributed by atoms with Crippen molar-refractivity contribution < 1.29 is 27.4 Å². The molecule has 1 aliphatic carbocycles. The fraction of sp³-hybridized carbons (Fsp3) is 1.00. The summed E-state index contributed by atoms with van der Waals surface area (Å²) in [5.74, 6) is -3.70. The zero-order valence-electron chi connectivity index (χ0n) is 8.84. The smallest absolute Gasteiger partial charge is 0.330 e. The molecule has 6 heteroatoms. The Balaban J connectivity index is 2.09. The van der Waals surface area contributed by atoms with Gasteiger partial charge in [-0.1, -0.05) is 19.3 Å². The second-order valence-corrected chi connectivity index (χ2v) is 4.26. The SMILES string of the molecule is OC(COCC(F)(F)C(F)F)CC1CCC1. The third-order valence-electron chi connectivity index (χ3n) is 2.75. The highest BCUT2D eigenvalue weighted by atomic mass is 19.3. The highest BCUT2D eigenvalue weighted by molar-refractivity contribution is 4.73. The maximum atomic E-state index is 12.4. The van der Waals surface area contributed by atoms with E-state index >= 15 is 0 Å². The molecule has 2 nitrogen and oxygen atoms in total. The van der Waals surface area contributed by atoms with Gasteiger partial charge in [0.1, 0.15) is 6.61 Å². The molecule has 96 valence electrons. The van der Waals surface area contributed by atoms with Gasteiger partial charge in [-0.2, -0.15) is 8.78 Å². The van der Waals surface area contributed by atoms with E-state index in [-0.39, 0.29) is 6.61 Å². The van der Waals surface area contributed by atoms with E-state index < -0.39 is 25.1 Å². The van der Waals surface area contributed by atoms with E-state index in [1.807, 2.05) is 0 Å². The lowest BCUT2D eigenvalue weighted by Crippen LogP contribution is -2.34. The van der Waals surface area contributed by atoms with E-state index in [2.05, 4.69) is 4.74 Å². The number of ether oxygens (including phenoxy) is 1. The number of hydrogen-bond acceptors (Lipinski definition) is 2. The molecular formula is C10H16F4O2. The number of halogens is 4. The van der Waals surface area contributed by atoms with Gasteiger partial charge in [0.05, 0.1) is 12.7 Å². The van der Waals surface area contributed by atoms with Crippen LogP contribution in [0.2, 0.25) is 0 Å². The van der Waals surface area contributed by atoms with E-state index in [4.69, 9.17) is 0 Å². The average Bonchev–Trinajstić information content (AvgIpc) is 2.11. The fourth-order valence-electron chi connectivity index (χ4n) is 1.58. The summed E-state index contributed by atoms with van der Waals surface area (Å²) >= 11 is 0. The second kappa shape index (κ2) is 5.82. The Kier molecular flexibility index (Phi) is 4.98. The Morgan fingerprint density at radius 3 is 2.38 bits per heavy atom. The topological polar surface area (TPSA) is 29.5 Å². The van der Waals surface area contributed by atoms with Gasteiger partial charge in [0, 0.05) is 0 Å². The van der Waals surface area contributed by atoms with Crippen molar-refractivity contribution in [1.29, 1.82) is 0 Å². The Morgan fingerprint density at radius 2 is 1.94 bits per heavy atom. The van der Waals surface area contributed by atoms with Crippen LogP contribution in [0.3, 0.4) is 0 Å². The van der Waals surface area contributed by atoms with Gasteiger partial charge in [-0.15, -0.1) is 0 Å². The molecule has 0 spiro atoms. The molecule has 1 rings (SSSR count). The fourth-order valence-corrected chi connectivity index (χ4v) is 1.58. The van der Waals surface area contributed by atoms with Crippen LogP contribution in [-0.4, -0.2) is 36.8 Å². The normalized spacial score (nSPS) is 19.9. The molecule has 0 bridgehead atoms. The zero-order valence-corrected chi connectivity index (χ0v) is 8.84. The molecule has 0 aliphatic heterocycles. The molecule has 16 heavy (non-hydrogen) atoms. The van der Waals surface area contributed by atoms with Crippen molar-refractivity contribution in [2.45, 2.75) is 44.1 Å². The van der Waals surface area contributed by atoms with Crippen molar-refractivity contribution in [3.8, 4) is 0 Å². The summed E-state index contributed by atoms with van der Waals surface area (Å²) in [6, 6.07) is 0. The van der Waals surface area contributed by atoms with E-state index in [9.17, 15) is 22.7 Å². The summed E-state index contributed by atoms with van der Waals surface area (Å²) in [6.07, 6.45) is -0.869. The minimum Gasteiger partial charge on any atom is -0.391 e. The minimum atomic E-state index is -4.13. The van der Waals surface area contributed by atoms with Crippen molar-refractivity contribution in [2.24, 2.45) is 5.92 Å². The van der Waals surface area contributed by atoms with Gasteiger partial charge in [0.25, 0.3) is 0 Å². The lowest BCUT2D eigenvalue weighted by atomic mass is 9.81. The van der Waals surface area contributed by atoms with Crippen LogP contribution in [0.15, 0.2) is 0 Å². The summed E-state index contributed by atoms with van der Waals surface area (Å²) in [4.78, 5) is 0. The Bertz CT molecular complexity index is 207. The third-order valence-corrected chi connectivity index (χ3v) is 2.75. The first kappa shape index (κ1) is 13.7. The van der Waals surface area contributed by atoms with Gasteiger partial charge >= 0.3 is 12.3 Å². The molecule has 0 heterocycles. The largest absolute Gasteiger partial charge is 0.391 e. The van der Waals surface area contributed by atoms with E-state index in [1.165, 1.54) is 0 Å². The van der Waals surface area contributed by atoms with Crippen LogP contribution in [0.25, 0.3) is 0 Å². The Hall–Kier alpha value is -0.360. The number of alkyl halides is 4. The van der Waals surface area contributed by atoms with Crippen LogP contribution in [0.5, 0.6) is 0 Å². The monoisotopic (exact) mass is 244 g/mol. The van der Waals surface area contributed by atoms with Gasteiger partial charge in [0.15, 0.2) is 0 Å². The molecule has 1 unspecified atom stereocenters. The van der Waals surface area contributed by atoms with Crippen LogP contribution in [0, 0.1) is 5.92 Å². The van der Waals surface area contributed by atoms with Gasteiger partial charge in [-0.25, -0.2) is 8.78 Å². The summed E-state index contributed by atoms with van der Waals surface area (Å²) in [6.45, 7) is -1.65. The molecule has 0 aromatic heterocycles. The number of hydrogen-bond donors (Lipinski definition) is 1. The molecule has 0 aromatic rings. The highest BCUT2D eigenvalue weighted by Gasteiger charge is 2.41. The summed E-state index contributed by atoms with van der Waals surface area (Å²) in [5, 5.41) is 9.36. The van der Waals surface area contributed by atoms with Crippen molar-refractivity contribution in [3.63, 3.8) is 0 Å². The first-order valence-corrected chi connectivity index (χ1v) is 5.33. The van der Waals surface area contributed by atoms with Crippen molar-refractivity contribution in [2.75, 3.05) is 13.2 Å². The quantitative estimate of drug-likeness (QED) is 0.697. The molecule has 1 atom stereocenters. The maximum Gasteiger partial charge on any atom is 0.330 e. The van der Waals surface area contributed by atoms with E-state index in [0.29, 0.717) is 12.3 Å². The van der Waals surface area contributed by atoms with Crippen LogP contribution in [0.4, 0.5) is 17.6 Å². The standard InChI is InChI=1S/C10H16F4O2/c11-9(12)10(13,14)6-16-5-8(15)4-7-2-1-3-7/h7-9,15H,1-6H2. The maximum absolute atomic E-state index is 12.4. The van der Waals surface area contributed by atoms with Crippen molar-refractivity contribution in [3.05, 3.63) is 0 Å². The third kappa shape index (κ3) is 4.25. The van der Waals surface area contributed by atoms with Gasteiger partial charge < -0.3 is 9.84 Å². The van der Waals surface area contributed by atoms with Crippen molar-refractivity contribution >= 4 is 0 Å². The van der Waals surface area contributed by atoms with Crippen LogP contribution < -0.4 is 0 Å². The lowest BCUT2D eigenvalue weighted by Gasteiger charge is -2.27. The molecule has 0 saturated heterocycles. The van der Waals surface area contributed by atoms with Gasteiger partial charge in [0.2, 0.25) is 0 Å². The predicted octanol–water partition coefficient (Wildman–Crippen LogP) is 2.45. The average molecular weight is 244 g/mol. The van der Waals surface area contributed by atoms with E-state index in [0.717, 1.165) is 19.3 Å². The number of aliphatic hydroxyl groups excluding tert-OH is 1. The Morgan fingerprint density at radius 1 is 1.31 bits per heavy atom. The van der Waals surface area contributed by atoms with E-state index in [1.54, 1.807) is 0 Å². The summed E-state index contributed by atoms with van der Waals surface area (Å²) in [5.41, 5.74) is 0. The minimum absolute atomic E-state index is 0.307. The molecular weight excluding hydrogens is 228 g/mol. The Labute approximate surface area is 91.6 Å². The molecule has 0 radical (unpaired) electrons. The lowest BCUT2D eigenvalue weighted by molar-refractivity contribution is -0.171. The molecule has 0 amide bonds. The van der Waals surface area contributed by atoms with Crippen LogP contribution >= 0.6 is 0 Å².